The summed E-state index contributed by atoms with van der Waals surface area (Å²) in [6, 6.07) is 11.9. The molecule has 3 aromatic rings. The normalized spacial score (nSPS) is 15.6. The molecule has 2 aromatic carbocycles. The highest BCUT2D eigenvalue weighted by Gasteiger charge is 2.22. The molecule has 1 fully saturated rings. The summed E-state index contributed by atoms with van der Waals surface area (Å²) < 4.78 is 27.8. The first-order valence-corrected chi connectivity index (χ1v) is 11.3. The number of piperazine rings is 1. The zero-order chi connectivity index (χ0) is 19.9. The van der Waals surface area contributed by atoms with E-state index in [-0.39, 0.29) is 29.7 Å². The fourth-order valence-corrected chi connectivity index (χ4v) is 5.32. The van der Waals surface area contributed by atoms with E-state index in [9.17, 15) is 8.42 Å². The minimum absolute atomic E-state index is 0. The molecule has 0 amide bonds. The van der Waals surface area contributed by atoms with Crippen LogP contribution in [0.1, 0.15) is 5.56 Å². The highest BCUT2D eigenvalue weighted by atomic mass is 35.5. The monoisotopic (exact) mass is 509 g/mol. The number of aromatic nitrogens is 1. The summed E-state index contributed by atoms with van der Waals surface area (Å²) in [6.07, 6.45) is 1.54. The predicted molar refractivity (Wildman–Crippen MR) is 128 cm³/mol. The molecular formula is C20H23Cl4N3O2S. The molecule has 30 heavy (non-hydrogen) atoms. The molecule has 1 aliphatic heterocycles. The van der Waals surface area contributed by atoms with Gasteiger partial charge in [-0.05, 0) is 49.0 Å². The van der Waals surface area contributed by atoms with Gasteiger partial charge in [0, 0.05) is 54.4 Å². The number of hydrogen-bond acceptors (Lipinski definition) is 4. The predicted octanol–water partition coefficient (Wildman–Crippen LogP) is 4.78. The van der Waals surface area contributed by atoms with E-state index in [0.29, 0.717) is 27.5 Å². The van der Waals surface area contributed by atoms with Gasteiger partial charge < -0.3 is 4.90 Å². The minimum atomic E-state index is -3.76. The second-order valence-corrected chi connectivity index (χ2v) is 9.75. The molecule has 164 valence electrons. The van der Waals surface area contributed by atoms with Crippen LogP contribution in [0, 0.1) is 0 Å². The van der Waals surface area contributed by atoms with E-state index < -0.39 is 10.0 Å². The van der Waals surface area contributed by atoms with Crippen molar-refractivity contribution < 1.29 is 8.42 Å². The first-order chi connectivity index (χ1) is 13.4. The van der Waals surface area contributed by atoms with E-state index in [2.05, 4.69) is 16.8 Å². The topological polar surface area (TPSA) is 45.6 Å². The van der Waals surface area contributed by atoms with E-state index in [1.54, 1.807) is 48.7 Å². The molecule has 0 aliphatic carbocycles. The molecule has 0 spiro atoms. The van der Waals surface area contributed by atoms with Crippen LogP contribution >= 0.6 is 48.0 Å². The lowest BCUT2D eigenvalue weighted by atomic mass is 10.2. The van der Waals surface area contributed by atoms with E-state index in [1.165, 1.54) is 3.97 Å². The molecule has 4 rings (SSSR count). The van der Waals surface area contributed by atoms with Crippen LogP contribution in [0.2, 0.25) is 10.0 Å². The Balaban J connectivity index is 0.00000160. The Bertz CT molecular complexity index is 1130. The van der Waals surface area contributed by atoms with E-state index in [4.69, 9.17) is 23.2 Å². The van der Waals surface area contributed by atoms with Crippen LogP contribution in [0.3, 0.4) is 0 Å². The molecule has 0 atom stereocenters. The Labute approximate surface area is 199 Å². The molecular weight excluding hydrogens is 488 g/mol. The Kier molecular flexibility index (Phi) is 8.50. The zero-order valence-electron chi connectivity index (χ0n) is 16.3. The largest absolute Gasteiger partial charge is 0.304 e. The first-order valence-electron chi connectivity index (χ1n) is 9.07. The summed E-state index contributed by atoms with van der Waals surface area (Å²) in [5.74, 6) is 0. The number of fused-ring (bicyclic) bond motifs is 1. The van der Waals surface area contributed by atoms with Gasteiger partial charge in [-0.2, -0.15) is 0 Å². The van der Waals surface area contributed by atoms with Crippen molar-refractivity contribution in [3.63, 3.8) is 0 Å². The van der Waals surface area contributed by atoms with Crippen molar-refractivity contribution in [2.75, 3.05) is 33.2 Å². The average molecular weight is 511 g/mol. The average Bonchev–Trinajstić information content (AvgIpc) is 3.11. The first kappa shape index (κ1) is 25.3. The van der Waals surface area contributed by atoms with Crippen molar-refractivity contribution in [1.29, 1.82) is 0 Å². The Morgan fingerprint density at radius 2 is 1.63 bits per heavy atom. The van der Waals surface area contributed by atoms with Crippen LogP contribution in [0.5, 0.6) is 0 Å². The van der Waals surface area contributed by atoms with Crippen molar-refractivity contribution in [1.82, 2.24) is 13.8 Å². The summed E-state index contributed by atoms with van der Waals surface area (Å²) in [5, 5.41) is 1.82. The van der Waals surface area contributed by atoms with Crippen molar-refractivity contribution in [3.05, 3.63) is 64.3 Å². The van der Waals surface area contributed by atoms with E-state index in [0.717, 1.165) is 31.7 Å². The maximum Gasteiger partial charge on any atom is 0.268 e. The lowest BCUT2D eigenvalue weighted by molar-refractivity contribution is 0.148. The third-order valence-corrected chi connectivity index (χ3v) is 7.59. The number of nitrogens with zero attached hydrogens (tertiary/aromatic N) is 3. The molecule has 0 radical (unpaired) electrons. The molecule has 0 N–H and O–H groups in total. The van der Waals surface area contributed by atoms with Gasteiger partial charge in [0.05, 0.1) is 10.4 Å². The third kappa shape index (κ3) is 4.91. The highest BCUT2D eigenvalue weighted by molar-refractivity contribution is 7.90. The number of likely N-dealkylation sites (N-methyl/N-ethyl adjacent to an activating group) is 1. The fourth-order valence-electron chi connectivity index (χ4n) is 3.51. The van der Waals surface area contributed by atoms with Gasteiger partial charge in [0.25, 0.3) is 10.0 Å². The summed E-state index contributed by atoms with van der Waals surface area (Å²) in [4.78, 5) is 4.79. The molecule has 1 aromatic heterocycles. The van der Waals surface area contributed by atoms with Gasteiger partial charge in [-0.3, -0.25) is 4.90 Å². The quantitative estimate of drug-likeness (QED) is 0.506. The molecule has 1 saturated heterocycles. The van der Waals surface area contributed by atoms with Gasteiger partial charge in [-0.25, -0.2) is 12.4 Å². The van der Waals surface area contributed by atoms with Gasteiger partial charge >= 0.3 is 0 Å². The smallest absolute Gasteiger partial charge is 0.268 e. The Morgan fingerprint density at radius 1 is 0.933 bits per heavy atom. The maximum absolute atomic E-state index is 13.3. The fraction of sp³-hybridized carbons (Fsp3) is 0.300. The summed E-state index contributed by atoms with van der Waals surface area (Å²) in [7, 11) is -1.65. The second kappa shape index (κ2) is 10.1. The molecule has 1 aliphatic rings. The molecule has 10 heteroatoms. The van der Waals surface area contributed by atoms with Crippen molar-refractivity contribution >= 4 is 68.9 Å². The number of hydrogen-bond donors (Lipinski definition) is 0. The summed E-state index contributed by atoms with van der Waals surface area (Å²) >= 11 is 12.6. The van der Waals surface area contributed by atoms with Crippen molar-refractivity contribution in [2.24, 2.45) is 0 Å². The van der Waals surface area contributed by atoms with Gasteiger partial charge in [0.1, 0.15) is 0 Å². The van der Waals surface area contributed by atoms with Crippen molar-refractivity contribution in [3.8, 4) is 0 Å². The van der Waals surface area contributed by atoms with Gasteiger partial charge in [0.2, 0.25) is 0 Å². The Morgan fingerprint density at radius 3 is 2.33 bits per heavy atom. The van der Waals surface area contributed by atoms with Gasteiger partial charge in [-0.15, -0.1) is 24.8 Å². The van der Waals surface area contributed by atoms with Gasteiger partial charge in [-0.1, -0.05) is 29.3 Å². The van der Waals surface area contributed by atoms with Crippen LogP contribution in [0.25, 0.3) is 10.9 Å². The highest BCUT2D eigenvalue weighted by Crippen LogP contribution is 2.29. The molecule has 0 unspecified atom stereocenters. The molecule has 0 saturated carbocycles. The SMILES string of the molecule is CN1CCN(Cc2cc(S(=O)(=O)n3ccc4c(Cl)cccc43)ccc2Cl)CC1.Cl.Cl. The minimum Gasteiger partial charge on any atom is -0.304 e. The molecule has 5 nitrogen and oxygen atoms in total. The van der Waals surface area contributed by atoms with Crippen molar-refractivity contribution in [2.45, 2.75) is 11.4 Å². The molecule has 2 heterocycles. The summed E-state index contributed by atoms with van der Waals surface area (Å²) in [6.45, 7) is 4.49. The maximum atomic E-state index is 13.3. The lowest BCUT2D eigenvalue weighted by Gasteiger charge is -2.32. The second-order valence-electron chi connectivity index (χ2n) is 7.12. The Hall–Kier alpha value is -0.990. The van der Waals surface area contributed by atoms with E-state index >= 15 is 0 Å². The zero-order valence-corrected chi connectivity index (χ0v) is 20.3. The van der Waals surface area contributed by atoms with E-state index in [1.807, 2.05) is 0 Å². The lowest BCUT2D eigenvalue weighted by Crippen LogP contribution is -2.43. The molecule has 0 bridgehead atoms. The summed E-state index contributed by atoms with van der Waals surface area (Å²) in [5.41, 5.74) is 1.38. The van der Waals surface area contributed by atoms with Gasteiger partial charge in [0.15, 0.2) is 0 Å². The van der Waals surface area contributed by atoms with Crippen LogP contribution < -0.4 is 0 Å². The van der Waals surface area contributed by atoms with Crippen LogP contribution in [0.4, 0.5) is 0 Å². The number of rotatable bonds is 4. The number of benzene rings is 2. The third-order valence-electron chi connectivity index (χ3n) is 5.21. The number of halogens is 4. The van der Waals surface area contributed by atoms with Crippen LogP contribution in [-0.2, 0) is 16.6 Å². The van der Waals surface area contributed by atoms with Crippen LogP contribution in [-0.4, -0.2) is 55.4 Å². The van der Waals surface area contributed by atoms with Crippen LogP contribution in [0.15, 0.2) is 53.6 Å². The standard InChI is InChI=1S/C20H21Cl2N3O2S.2ClH/c1-23-9-11-24(12-10-23)14-15-13-16(5-6-18(15)21)28(26,27)25-8-7-17-19(22)3-2-4-20(17)25;;/h2-8,13H,9-12,14H2,1H3;2*1H.